The fourth-order valence-electron chi connectivity index (χ4n) is 2.94. The number of aryl methyl sites for hydroxylation is 1. The number of rotatable bonds is 7. The maximum atomic E-state index is 12.8. The van der Waals surface area contributed by atoms with Crippen LogP contribution in [0, 0.1) is 6.92 Å². The van der Waals surface area contributed by atoms with E-state index in [1.807, 2.05) is 6.07 Å². The van der Waals surface area contributed by atoms with Crippen LogP contribution in [0.5, 0.6) is 5.75 Å². The van der Waals surface area contributed by atoms with Gasteiger partial charge in [0.05, 0.1) is 12.1 Å². The number of nitrogens with zero attached hydrogens (tertiary/aromatic N) is 3. The fourth-order valence-corrected chi connectivity index (χ4v) is 3.54. The third-order valence-electron chi connectivity index (χ3n) is 4.63. The van der Waals surface area contributed by atoms with Crippen LogP contribution in [0.25, 0.3) is 0 Å². The van der Waals surface area contributed by atoms with E-state index in [1.165, 1.54) is 0 Å². The highest BCUT2D eigenvalue weighted by atomic mass is 35.5. The normalized spacial score (nSPS) is 10.9. The van der Waals surface area contributed by atoms with Crippen molar-refractivity contribution in [2.45, 2.75) is 20.1 Å². The highest BCUT2D eigenvalue weighted by Crippen LogP contribution is 2.23. The van der Waals surface area contributed by atoms with Crippen LogP contribution in [-0.2, 0) is 13.2 Å². The van der Waals surface area contributed by atoms with Gasteiger partial charge in [0.1, 0.15) is 18.1 Å². The van der Waals surface area contributed by atoms with Crippen LogP contribution < -0.4 is 10.1 Å². The van der Waals surface area contributed by atoms with E-state index in [4.69, 9.17) is 44.1 Å². The van der Waals surface area contributed by atoms with E-state index < -0.39 is 5.91 Å². The Morgan fingerprint density at radius 1 is 1.09 bits per heavy atom. The number of aromatic nitrogens is 3. The van der Waals surface area contributed by atoms with Crippen molar-refractivity contribution in [1.82, 2.24) is 14.9 Å². The van der Waals surface area contributed by atoms with Crippen LogP contribution in [0.3, 0.4) is 0 Å². The summed E-state index contributed by atoms with van der Waals surface area (Å²) in [5.74, 6) is 1.02. The number of carbonyl (C=O) groups is 1. The SMILES string of the molecule is Cc1onc(C(=O)Nc2ccn(Cc3ccc(Cl)cc3Cl)n2)c1COc1ccc(Cl)cc1. The monoisotopic (exact) mass is 490 g/mol. The molecule has 7 nitrogen and oxygen atoms in total. The molecule has 0 aliphatic rings. The predicted octanol–water partition coefficient (Wildman–Crippen LogP) is 6.02. The Hall–Kier alpha value is -3.00. The molecule has 0 aliphatic carbocycles. The van der Waals surface area contributed by atoms with Crippen molar-refractivity contribution >= 4 is 46.5 Å². The molecule has 32 heavy (non-hydrogen) atoms. The number of carbonyl (C=O) groups excluding carboxylic acids is 1. The van der Waals surface area contributed by atoms with E-state index >= 15 is 0 Å². The number of halogens is 3. The van der Waals surface area contributed by atoms with E-state index in [0.29, 0.717) is 44.5 Å². The van der Waals surface area contributed by atoms with Crippen molar-refractivity contribution < 1.29 is 14.1 Å². The lowest BCUT2D eigenvalue weighted by Gasteiger charge is -2.07. The molecule has 0 saturated heterocycles. The molecule has 0 radical (unpaired) electrons. The average molecular weight is 492 g/mol. The van der Waals surface area contributed by atoms with Crippen LogP contribution in [0.15, 0.2) is 59.3 Å². The van der Waals surface area contributed by atoms with E-state index in [0.717, 1.165) is 5.56 Å². The second-order valence-corrected chi connectivity index (χ2v) is 8.18. The molecule has 164 valence electrons. The fraction of sp³-hybridized carbons (Fsp3) is 0.136. The maximum absolute atomic E-state index is 12.8. The minimum atomic E-state index is -0.452. The molecule has 0 unspecified atom stereocenters. The summed E-state index contributed by atoms with van der Waals surface area (Å²) in [4.78, 5) is 12.8. The summed E-state index contributed by atoms with van der Waals surface area (Å²) in [5, 5.41) is 12.7. The van der Waals surface area contributed by atoms with E-state index in [2.05, 4.69) is 15.6 Å². The summed E-state index contributed by atoms with van der Waals surface area (Å²) in [6.45, 7) is 2.26. The molecule has 2 aromatic carbocycles. The van der Waals surface area contributed by atoms with Crippen molar-refractivity contribution in [2.24, 2.45) is 0 Å². The van der Waals surface area contributed by atoms with Crippen LogP contribution in [0.1, 0.15) is 27.4 Å². The maximum Gasteiger partial charge on any atom is 0.279 e. The first-order valence-electron chi connectivity index (χ1n) is 9.51. The number of benzene rings is 2. The quantitative estimate of drug-likeness (QED) is 0.342. The number of amides is 1. The molecular formula is C22H17Cl3N4O3. The van der Waals surface area contributed by atoms with Gasteiger partial charge in [0.15, 0.2) is 11.5 Å². The molecule has 0 atom stereocenters. The summed E-state index contributed by atoms with van der Waals surface area (Å²) in [6, 6.07) is 13.9. The molecule has 0 aliphatic heterocycles. The van der Waals surface area contributed by atoms with Gasteiger partial charge in [-0.05, 0) is 48.9 Å². The molecule has 2 heterocycles. The second-order valence-electron chi connectivity index (χ2n) is 6.90. The highest BCUT2D eigenvalue weighted by molar-refractivity contribution is 6.35. The predicted molar refractivity (Wildman–Crippen MR) is 123 cm³/mol. The number of ether oxygens (including phenoxy) is 1. The van der Waals surface area contributed by atoms with Gasteiger partial charge in [0.25, 0.3) is 5.91 Å². The first-order valence-corrected chi connectivity index (χ1v) is 10.6. The minimum absolute atomic E-state index is 0.114. The van der Waals surface area contributed by atoms with Crippen molar-refractivity contribution in [3.63, 3.8) is 0 Å². The molecule has 0 spiro atoms. The Labute approximate surface area is 198 Å². The van der Waals surface area contributed by atoms with Crippen molar-refractivity contribution in [3.8, 4) is 5.75 Å². The lowest BCUT2D eigenvalue weighted by molar-refractivity contribution is 0.101. The molecule has 1 amide bonds. The first-order chi connectivity index (χ1) is 15.4. The van der Waals surface area contributed by atoms with Gasteiger partial charge in [-0.3, -0.25) is 9.48 Å². The molecule has 0 saturated carbocycles. The Morgan fingerprint density at radius 3 is 2.59 bits per heavy atom. The van der Waals surface area contributed by atoms with Crippen LogP contribution in [0.4, 0.5) is 5.82 Å². The molecule has 2 aromatic heterocycles. The van der Waals surface area contributed by atoms with E-state index in [9.17, 15) is 4.79 Å². The molecule has 0 fully saturated rings. The van der Waals surface area contributed by atoms with Crippen molar-refractivity contribution in [3.05, 3.63) is 92.4 Å². The molecule has 1 N–H and O–H groups in total. The average Bonchev–Trinajstić information content (AvgIpc) is 3.36. The molecular weight excluding hydrogens is 475 g/mol. The van der Waals surface area contributed by atoms with Gasteiger partial charge in [-0.1, -0.05) is 46.0 Å². The first kappa shape index (κ1) is 22.2. The van der Waals surface area contributed by atoms with Crippen LogP contribution in [0.2, 0.25) is 15.1 Å². The summed E-state index contributed by atoms with van der Waals surface area (Å²) < 4.78 is 12.6. The van der Waals surface area contributed by atoms with Gasteiger partial charge in [-0.15, -0.1) is 0 Å². The summed E-state index contributed by atoms with van der Waals surface area (Å²) in [5.41, 5.74) is 1.53. The molecule has 4 aromatic rings. The molecule has 4 rings (SSSR count). The Kier molecular flexibility index (Phi) is 6.69. The lowest BCUT2D eigenvalue weighted by atomic mass is 10.2. The van der Waals surface area contributed by atoms with Gasteiger partial charge < -0.3 is 14.6 Å². The van der Waals surface area contributed by atoms with Gasteiger partial charge >= 0.3 is 0 Å². The van der Waals surface area contributed by atoms with Crippen molar-refractivity contribution in [1.29, 1.82) is 0 Å². The zero-order valence-corrected chi connectivity index (χ0v) is 19.1. The minimum Gasteiger partial charge on any atom is -0.489 e. The Balaban J connectivity index is 1.42. The van der Waals surface area contributed by atoms with Crippen LogP contribution >= 0.6 is 34.8 Å². The Morgan fingerprint density at radius 2 is 1.84 bits per heavy atom. The number of hydrogen-bond acceptors (Lipinski definition) is 5. The standard InChI is InChI=1S/C22H17Cl3N4O3/c1-13-18(12-31-17-6-4-15(23)5-7-17)21(28-32-13)22(30)26-20-8-9-29(27-20)11-14-2-3-16(24)10-19(14)25/h2-10H,11-12H2,1H3,(H,26,27,30). The summed E-state index contributed by atoms with van der Waals surface area (Å²) >= 11 is 18.0. The summed E-state index contributed by atoms with van der Waals surface area (Å²) in [6.07, 6.45) is 1.74. The highest BCUT2D eigenvalue weighted by Gasteiger charge is 2.21. The van der Waals surface area contributed by atoms with Gasteiger partial charge in [-0.2, -0.15) is 5.10 Å². The Bertz CT molecular complexity index is 1250. The smallest absolute Gasteiger partial charge is 0.279 e. The van der Waals surface area contributed by atoms with Gasteiger partial charge in [0, 0.05) is 27.3 Å². The zero-order chi connectivity index (χ0) is 22.7. The molecule has 10 heteroatoms. The van der Waals surface area contributed by atoms with Crippen molar-refractivity contribution in [2.75, 3.05) is 5.32 Å². The topological polar surface area (TPSA) is 82.2 Å². The van der Waals surface area contributed by atoms with Gasteiger partial charge in [0.2, 0.25) is 0 Å². The number of nitrogens with one attached hydrogen (secondary N) is 1. The van der Waals surface area contributed by atoms with E-state index in [-0.39, 0.29) is 12.3 Å². The lowest BCUT2D eigenvalue weighted by Crippen LogP contribution is -2.16. The van der Waals surface area contributed by atoms with Crippen LogP contribution in [-0.4, -0.2) is 20.8 Å². The van der Waals surface area contributed by atoms with Gasteiger partial charge in [-0.25, -0.2) is 0 Å². The zero-order valence-electron chi connectivity index (χ0n) is 16.8. The third kappa shape index (κ3) is 5.24. The largest absolute Gasteiger partial charge is 0.489 e. The van der Waals surface area contributed by atoms with E-state index in [1.54, 1.807) is 60.3 Å². The third-order valence-corrected chi connectivity index (χ3v) is 5.47. The number of hydrogen-bond donors (Lipinski definition) is 1. The molecule has 0 bridgehead atoms. The number of anilines is 1. The summed E-state index contributed by atoms with van der Waals surface area (Å²) in [7, 11) is 0. The second kappa shape index (κ2) is 9.65.